The monoisotopic (exact) mass is 443 g/mol. The fourth-order valence-corrected chi connectivity index (χ4v) is 3.27. The maximum absolute atomic E-state index is 13.4. The molecule has 0 aliphatic heterocycles. The van der Waals surface area contributed by atoms with Crippen LogP contribution in [0.1, 0.15) is 5.56 Å². The zero-order valence-electron chi connectivity index (χ0n) is 16.7. The van der Waals surface area contributed by atoms with E-state index in [1.807, 2.05) is 0 Å². The van der Waals surface area contributed by atoms with E-state index in [2.05, 4.69) is 10.4 Å². The third-order valence-electron chi connectivity index (χ3n) is 4.77. The SMILES string of the molecule is Cn1cc2c(n1)c(=O)n(Cc1ccc(F)cc1)c(=O)n2CC(=O)Nc1ccc(F)c(F)c1. The highest BCUT2D eigenvalue weighted by Crippen LogP contribution is 2.14. The van der Waals surface area contributed by atoms with Gasteiger partial charge in [0, 0.05) is 25.0 Å². The van der Waals surface area contributed by atoms with Gasteiger partial charge in [0.15, 0.2) is 17.2 Å². The summed E-state index contributed by atoms with van der Waals surface area (Å²) in [6, 6.07) is 8.12. The zero-order valence-corrected chi connectivity index (χ0v) is 16.7. The summed E-state index contributed by atoms with van der Waals surface area (Å²) in [7, 11) is 1.56. The summed E-state index contributed by atoms with van der Waals surface area (Å²) < 4.78 is 43.0. The van der Waals surface area contributed by atoms with Crippen molar-refractivity contribution in [1.29, 1.82) is 0 Å². The summed E-state index contributed by atoms with van der Waals surface area (Å²) in [5, 5.41) is 6.47. The summed E-state index contributed by atoms with van der Waals surface area (Å²) in [6.45, 7) is -0.668. The van der Waals surface area contributed by atoms with Crippen molar-refractivity contribution in [3.05, 3.63) is 92.5 Å². The van der Waals surface area contributed by atoms with Gasteiger partial charge in [0.2, 0.25) is 5.91 Å². The maximum Gasteiger partial charge on any atom is 0.332 e. The first-order valence-electron chi connectivity index (χ1n) is 9.39. The third kappa shape index (κ3) is 4.04. The number of carbonyl (C=O) groups is 1. The molecular weight excluding hydrogens is 427 g/mol. The highest BCUT2D eigenvalue weighted by Gasteiger charge is 2.18. The van der Waals surface area contributed by atoms with Gasteiger partial charge < -0.3 is 5.32 Å². The van der Waals surface area contributed by atoms with Gasteiger partial charge in [-0.15, -0.1) is 0 Å². The molecule has 0 radical (unpaired) electrons. The van der Waals surface area contributed by atoms with Crippen molar-refractivity contribution < 1.29 is 18.0 Å². The van der Waals surface area contributed by atoms with Crippen LogP contribution in [0.4, 0.5) is 18.9 Å². The molecule has 32 heavy (non-hydrogen) atoms. The van der Waals surface area contributed by atoms with Gasteiger partial charge in [0.1, 0.15) is 12.4 Å². The number of hydrogen-bond donors (Lipinski definition) is 1. The Hall–Kier alpha value is -4.15. The number of halogens is 3. The van der Waals surface area contributed by atoms with E-state index in [0.717, 1.165) is 21.3 Å². The molecule has 0 spiro atoms. The molecule has 2 aromatic heterocycles. The summed E-state index contributed by atoms with van der Waals surface area (Å²) in [5.41, 5.74) is -0.830. The summed E-state index contributed by atoms with van der Waals surface area (Å²) in [5.74, 6) is -3.37. The van der Waals surface area contributed by atoms with E-state index in [-0.39, 0.29) is 23.3 Å². The smallest absolute Gasteiger partial charge is 0.324 e. The van der Waals surface area contributed by atoms with Crippen molar-refractivity contribution in [1.82, 2.24) is 18.9 Å². The molecule has 0 fully saturated rings. The molecule has 0 saturated heterocycles. The van der Waals surface area contributed by atoms with Gasteiger partial charge >= 0.3 is 5.69 Å². The molecule has 0 atom stereocenters. The molecular formula is C21H16F3N5O3. The number of fused-ring (bicyclic) bond motifs is 1. The van der Waals surface area contributed by atoms with Crippen LogP contribution in [-0.4, -0.2) is 24.8 Å². The molecule has 2 heterocycles. The first-order chi connectivity index (χ1) is 15.2. The molecule has 0 saturated carbocycles. The second kappa shape index (κ2) is 8.17. The second-order valence-corrected chi connectivity index (χ2v) is 7.10. The average molecular weight is 443 g/mol. The van der Waals surface area contributed by atoms with Crippen LogP contribution in [0.25, 0.3) is 11.0 Å². The van der Waals surface area contributed by atoms with E-state index in [1.54, 1.807) is 7.05 Å². The molecule has 4 aromatic rings. The molecule has 0 unspecified atom stereocenters. The molecule has 0 aliphatic rings. The Balaban J connectivity index is 1.73. The Morgan fingerprint density at radius 1 is 1.00 bits per heavy atom. The molecule has 11 heteroatoms. The van der Waals surface area contributed by atoms with Crippen molar-refractivity contribution >= 4 is 22.6 Å². The van der Waals surface area contributed by atoms with Crippen molar-refractivity contribution in [3.63, 3.8) is 0 Å². The minimum atomic E-state index is -1.14. The predicted molar refractivity (Wildman–Crippen MR) is 110 cm³/mol. The van der Waals surface area contributed by atoms with Gasteiger partial charge in [-0.3, -0.25) is 23.4 Å². The summed E-state index contributed by atoms with van der Waals surface area (Å²) in [4.78, 5) is 38.5. The number of carbonyl (C=O) groups excluding carboxylic acids is 1. The highest BCUT2D eigenvalue weighted by molar-refractivity contribution is 5.91. The fourth-order valence-electron chi connectivity index (χ4n) is 3.27. The molecule has 1 N–H and O–H groups in total. The number of benzene rings is 2. The van der Waals surface area contributed by atoms with Crippen LogP contribution in [-0.2, 0) is 24.9 Å². The minimum absolute atomic E-state index is 0.00372. The lowest BCUT2D eigenvalue weighted by molar-refractivity contribution is -0.116. The van der Waals surface area contributed by atoms with E-state index < -0.39 is 41.2 Å². The Labute approximate surface area is 178 Å². The maximum atomic E-state index is 13.4. The number of aryl methyl sites for hydroxylation is 1. The summed E-state index contributed by atoms with van der Waals surface area (Å²) in [6.07, 6.45) is 1.42. The Morgan fingerprint density at radius 3 is 2.41 bits per heavy atom. The van der Waals surface area contributed by atoms with Crippen molar-refractivity contribution in [3.8, 4) is 0 Å². The molecule has 164 valence electrons. The van der Waals surface area contributed by atoms with Crippen molar-refractivity contribution in [2.75, 3.05) is 5.32 Å². The summed E-state index contributed by atoms with van der Waals surface area (Å²) >= 11 is 0. The number of anilines is 1. The first kappa shape index (κ1) is 21.1. The molecule has 2 aromatic carbocycles. The van der Waals surface area contributed by atoms with Gasteiger partial charge in [0.05, 0.1) is 12.1 Å². The first-order valence-corrected chi connectivity index (χ1v) is 9.39. The topological polar surface area (TPSA) is 90.9 Å². The van der Waals surface area contributed by atoms with Crippen LogP contribution >= 0.6 is 0 Å². The van der Waals surface area contributed by atoms with E-state index in [4.69, 9.17) is 0 Å². The van der Waals surface area contributed by atoms with Crippen LogP contribution in [0.5, 0.6) is 0 Å². The molecule has 0 aliphatic carbocycles. The highest BCUT2D eigenvalue weighted by atomic mass is 19.2. The normalized spacial score (nSPS) is 11.1. The second-order valence-electron chi connectivity index (χ2n) is 7.10. The Kier molecular flexibility index (Phi) is 5.39. The van der Waals surface area contributed by atoms with Crippen molar-refractivity contribution in [2.24, 2.45) is 7.05 Å². The van der Waals surface area contributed by atoms with Gasteiger partial charge in [-0.25, -0.2) is 18.0 Å². The lowest BCUT2D eigenvalue weighted by atomic mass is 10.2. The van der Waals surface area contributed by atoms with Crippen LogP contribution in [0, 0.1) is 17.5 Å². The number of nitrogens with one attached hydrogen (secondary N) is 1. The van der Waals surface area contributed by atoms with Gasteiger partial charge in [0.25, 0.3) is 5.56 Å². The quantitative estimate of drug-likeness (QED) is 0.511. The molecule has 8 nitrogen and oxygen atoms in total. The number of aromatic nitrogens is 4. The number of rotatable bonds is 5. The minimum Gasteiger partial charge on any atom is -0.324 e. The zero-order chi connectivity index (χ0) is 23.0. The average Bonchev–Trinajstić information content (AvgIpc) is 3.14. The fraction of sp³-hybridized carbons (Fsp3) is 0.143. The predicted octanol–water partition coefficient (Wildman–Crippen LogP) is 2.00. The van der Waals surface area contributed by atoms with Gasteiger partial charge in [-0.05, 0) is 29.8 Å². The number of amides is 1. The van der Waals surface area contributed by atoms with E-state index in [0.29, 0.717) is 5.56 Å². The van der Waals surface area contributed by atoms with Gasteiger partial charge in [-0.1, -0.05) is 12.1 Å². The number of nitrogens with zero attached hydrogens (tertiary/aromatic N) is 4. The van der Waals surface area contributed by atoms with Crippen LogP contribution in [0.3, 0.4) is 0 Å². The van der Waals surface area contributed by atoms with E-state index >= 15 is 0 Å². The standard InChI is InChI=1S/C21H16F3N5O3/c1-27-10-17-19(26-27)20(31)29(9-12-2-4-13(22)5-3-12)21(32)28(17)11-18(30)25-14-6-7-15(23)16(24)8-14/h2-8,10H,9,11H2,1H3,(H,25,30). The lowest BCUT2D eigenvalue weighted by Crippen LogP contribution is -2.41. The molecule has 0 bridgehead atoms. The van der Waals surface area contributed by atoms with Gasteiger partial charge in [-0.2, -0.15) is 5.10 Å². The van der Waals surface area contributed by atoms with Crippen LogP contribution in [0.15, 0.2) is 58.3 Å². The van der Waals surface area contributed by atoms with E-state index in [9.17, 15) is 27.6 Å². The Morgan fingerprint density at radius 2 is 1.72 bits per heavy atom. The molecule has 4 rings (SSSR count). The van der Waals surface area contributed by atoms with Crippen molar-refractivity contribution in [2.45, 2.75) is 13.1 Å². The lowest BCUT2D eigenvalue weighted by Gasteiger charge is -2.12. The largest absolute Gasteiger partial charge is 0.332 e. The number of hydrogen-bond acceptors (Lipinski definition) is 4. The molecule has 1 amide bonds. The van der Waals surface area contributed by atoms with E-state index in [1.165, 1.54) is 41.2 Å². The third-order valence-corrected chi connectivity index (χ3v) is 4.77. The Bertz CT molecular complexity index is 1450. The van der Waals surface area contributed by atoms with Crippen LogP contribution in [0.2, 0.25) is 0 Å². The van der Waals surface area contributed by atoms with Crippen LogP contribution < -0.4 is 16.6 Å².